The Balaban J connectivity index is 2.12. The van der Waals surface area contributed by atoms with Gasteiger partial charge in [0, 0.05) is 32.2 Å². The minimum absolute atomic E-state index is 0.273. The zero-order valence-corrected chi connectivity index (χ0v) is 13.1. The number of nitrogens with zero attached hydrogens (tertiary/aromatic N) is 3. The number of hydrogen-bond acceptors (Lipinski definition) is 7. The first-order valence-electron chi connectivity index (χ1n) is 6.95. The molecule has 1 aromatic heterocycles. The van der Waals surface area contributed by atoms with Crippen LogP contribution in [0.1, 0.15) is 31.1 Å². The molecule has 1 aromatic rings. The van der Waals surface area contributed by atoms with Gasteiger partial charge in [-0.2, -0.15) is 4.37 Å². The van der Waals surface area contributed by atoms with Crippen molar-refractivity contribution in [1.29, 1.82) is 0 Å². The summed E-state index contributed by atoms with van der Waals surface area (Å²) in [7, 11) is 0. The third-order valence-corrected chi connectivity index (χ3v) is 4.44. The summed E-state index contributed by atoms with van der Waals surface area (Å²) in [6.07, 6.45) is 0. The van der Waals surface area contributed by atoms with Crippen molar-refractivity contribution in [3.63, 3.8) is 0 Å². The minimum Gasteiger partial charge on any atom is -0.462 e. The summed E-state index contributed by atoms with van der Waals surface area (Å²) in [5.74, 6) is -0.102. The summed E-state index contributed by atoms with van der Waals surface area (Å²) in [6, 6.07) is 0.549. The number of nitrogens with two attached hydrogens (primary N) is 1. The smallest absolute Gasteiger partial charge is 0.345 e. The number of hydrogen-bond donors (Lipinski definition) is 1. The number of esters is 1. The van der Waals surface area contributed by atoms with Crippen LogP contribution < -0.4 is 10.6 Å². The lowest BCUT2D eigenvalue weighted by atomic mass is 10.2. The van der Waals surface area contributed by atoms with Gasteiger partial charge >= 0.3 is 5.97 Å². The first-order valence-corrected chi connectivity index (χ1v) is 7.73. The van der Waals surface area contributed by atoms with Crippen LogP contribution >= 0.6 is 11.5 Å². The number of ether oxygens (including phenoxy) is 1. The Morgan fingerprint density at radius 1 is 1.40 bits per heavy atom. The number of aromatic nitrogens is 1. The summed E-state index contributed by atoms with van der Waals surface area (Å²) in [5, 5.41) is 0.837. The van der Waals surface area contributed by atoms with Gasteiger partial charge in [0.2, 0.25) is 0 Å². The third kappa shape index (κ3) is 3.04. The summed E-state index contributed by atoms with van der Waals surface area (Å²) < 4.78 is 9.18. The van der Waals surface area contributed by atoms with Crippen molar-refractivity contribution in [2.45, 2.75) is 26.8 Å². The van der Waals surface area contributed by atoms with E-state index in [9.17, 15) is 4.79 Å². The van der Waals surface area contributed by atoms with Crippen molar-refractivity contribution >= 4 is 28.3 Å². The Morgan fingerprint density at radius 2 is 2.05 bits per heavy atom. The van der Waals surface area contributed by atoms with Gasteiger partial charge in [0.1, 0.15) is 10.6 Å². The first kappa shape index (κ1) is 15.1. The molecule has 0 radical (unpaired) electrons. The number of carbonyl (C=O) groups excluding carboxylic acids is 1. The van der Waals surface area contributed by atoms with E-state index in [1.54, 1.807) is 6.92 Å². The van der Waals surface area contributed by atoms with Crippen LogP contribution in [0, 0.1) is 0 Å². The van der Waals surface area contributed by atoms with E-state index in [1.165, 1.54) is 11.5 Å². The van der Waals surface area contributed by atoms with E-state index in [1.807, 2.05) is 0 Å². The van der Waals surface area contributed by atoms with Crippen LogP contribution in [0.15, 0.2) is 0 Å². The molecule has 2 heterocycles. The van der Waals surface area contributed by atoms with E-state index in [2.05, 4.69) is 28.0 Å². The summed E-state index contributed by atoms with van der Waals surface area (Å²) in [6.45, 7) is 10.3. The standard InChI is InChI=1S/C13H22N4O2S/c1-4-19-13(18)10-11(14)15-20-12(10)17-7-5-16(6-8-17)9(2)3/h9H,4-8H2,1-3H3,(H2,14,15). The van der Waals surface area contributed by atoms with Crippen molar-refractivity contribution in [1.82, 2.24) is 9.27 Å². The van der Waals surface area contributed by atoms with Crippen LogP contribution in [-0.4, -0.2) is 54.1 Å². The van der Waals surface area contributed by atoms with Gasteiger partial charge in [-0.05, 0) is 32.3 Å². The van der Waals surface area contributed by atoms with Gasteiger partial charge in [-0.3, -0.25) is 4.90 Å². The lowest BCUT2D eigenvalue weighted by Crippen LogP contribution is -2.49. The maximum atomic E-state index is 12.0. The van der Waals surface area contributed by atoms with Crippen molar-refractivity contribution in [3.05, 3.63) is 5.56 Å². The monoisotopic (exact) mass is 298 g/mol. The minimum atomic E-state index is -0.375. The Bertz CT molecular complexity index is 467. The summed E-state index contributed by atoms with van der Waals surface area (Å²) in [4.78, 5) is 16.6. The Kier molecular flexibility index (Phi) is 4.82. The topological polar surface area (TPSA) is 71.7 Å². The van der Waals surface area contributed by atoms with Crippen LogP contribution in [-0.2, 0) is 4.74 Å². The molecule has 6 nitrogen and oxygen atoms in total. The molecule has 0 saturated carbocycles. The average Bonchev–Trinajstić information content (AvgIpc) is 2.81. The van der Waals surface area contributed by atoms with Gasteiger partial charge in [0.05, 0.1) is 6.61 Å². The van der Waals surface area contributed by atoms with Crippen molar-refractivity contribution in [2.75, 3.05) is 43.4 Å². The van der Waals surface area contributed by atoms with E-state index in [0.717, 1.165) is 31.2 Å². The lowest BCUT2D eigenvalue weighted by Gasteiger charge is -2.37. The van der Waals surface area contributed by atoms with Crippen LogP contribution in [0.3, 0.4) is 0 Å². The maximum Gasteiger partial charge on any atom is 0.345 e. The predicted molar refractivity (Wildman–Crippen MR) is 81.4 cm³/mol. The quantitative estimate of drug-likeness (QED) is 0.848. The number of piperazine rings is 1. The molecule has 112 valence electrons. The summed E-state index contributed by atoms with van der Waals surface area (Å²) in [5.41, 5.74) is 6.24. The van der Waals surface area contributed by atoms with Crippen molar-refractivity contribution < 1.29 is 9.53 Å². The number of nitrogen functional groups attached to an aromatic ring is 1. The normalized spacial score (nSPS) is 16.7. The fourth-order valence-corrected chi connectivity index (χ4v) is 3.20. The van der Waals surface area contributed by atoms with Gasteiger partial charge in [-0.1, -0.05) is 0 Å². The molecular formula is C13H22N4O2S. The maximum absolute atomic E-state index is 12.0. The molecular weight excluding hydrogens is 276 g/mol. The molecule has 0 bridgehead atoms. The van der Waals surface area contributed by atoms with Crippen LogP contribution in [0.2, 0.25) is 0 Å². The number of anilines is 2. The molecule has 0 amide bonds. The molecule has 1 saturated heterocycles. The van der Waals surface area contributed by atoms with Crippen molar-refractivity contribution in [3.8, 4) is 0 Å². The Morgan fingerprint density at radius 3 is 2.60 bits per heavy atom. The molecule has 0 atom stereocenters. The molecule has 0 spiro atoms. The van der Waals surface area contributed by atoms with E-state index in [4.69, 9.17) is 10.5 Å². The van der Waals surface area contributed by atoms with Crippen molar-refractivity contribution in [2.24, 2.45) is 0 Å². The van der Waals surface area contributed by atoms with Gasteiger partial charge < -0.3 is 15.4 Å². The van der Waals surface area contributed by atoms with Crippen LogP contribution in [0.5, 0.6) is 0 Å². The van der Waals surface area contributed by atoms with E-state index in [0.29, 0.717) is 18.2 Å². The highest BCUT2D eigenvalue weighted by Crippen LogP contribution is 2.32. The predicted octanol–water partition coefficient (Wildman–Crippen LogP) is 1.43. The molecule has 2 N–H and O–H groups in total. The number of carbonyl (C=O) groups is 1. The average molecular weight is 298 g/mol. The fraction of sp³-hybridized carbons (Fsp3) is 0.692. The van der Waals surface area contributed by atoms with Crippen LogP contribution in [0.4, 0.5) is 10.8 Å². The molecule has 0 aliphatic carbocycles. The van der Waals surface area contributed by atoms with E-state index in [-0.39, 0.29) is 11.8 Å². The Labute approximate surface area is 123 Å². The fourth-order valence-electron chi connectivity index (χ4n) is 2.35. The van der Waals surface area contributed by atoms with Gasteiger partial charge in [0.25, 0.3) is 0 Å². The van der Waals surface area contributed by atoms with E-state index < -0.39 is 0 Å². The second-order valence-corrected chi connectivity index (χ2v) is 5.84. The van der Waals surface area contributed by atoms with Crippen LogP contribution in [0.25, 0.3) is 0 Å². The second-order valence-electron chi connectivity index (χ2n) is 5.09. The molecule has 1 aliphatic heterocycles. The molecule has 0 unspecified atom stereocenters. The molecule has 20 heavy (non-hydrogen) atoms. The molecule has 1 aliphatic rings. The first-order chi connectivity index (χ1) is 9.54. The largest absolute Gasteiger partial charge is 0.462 e. The highest BCUT2D eigenvalue weighted by atomic mass is 32.1. The third-order valence-electron chi connectivity index (χ3n) is 3.51. The molecule has 2 rings (SSSR count). The van der Waals surface area contributed by atoms with Gasteiger partial charge in [-0.25, -0.2) is 4.79 Å². The zero-order valence-electron chi connectivity index (χ0n) is 12.3. The molecule has 7 heteroatoms. The lowest BCUT2D eigenvalue weighted by molar-refractivity contribution is 0.0528. The Hall–Kier alpha value is -1.34. The highest BCUT2D eigenvalue weighted by molar-refractivity contribution is 7.11. The molecule has 1 fully saturated rings. The van der Waals surface area contributed by atoms with E-state index >= 15 is 0 Å². The molecule has 0 aromatic carbocycles. The second kappa shape index (κ2) is 6.41. The highest BCUT2D eigenvalue weighted by Gasteiger charge is 2.27. The SMILES string of the molecule is CCOC(=O)c1c(N)nsc1N1CCN(C(C)C)CC1. The zero-order chi connectivity index (χ0) is 14.7. The van der Waals surface area contributed by atoms with Gasteiger partial charge in [0.15, 0.2) is 5.82 Å². The number of rotatable bonds is 4. The summed E-state index contributed by atoms with van der Waals surface area (Å²) >= 11 is 1.28. The van der Waals surface area contributed by atoms with Gasteiger partial charge in [-0.15, -0.1) is 0 Å².